The minimum atomic E-state index is -2.89. The lowest BCUT2D eigenvalue weighted by molar-refractivity contribution is 0.116. The van der Waals surface area contributed by atoms with E-state index in [2.05, 4.69) is 15.2 Å². The van der Waals surface area contributed by atoms with Gasteiger partial charge in [-0.25, -0.2) is 9.18 Å². The molecular formula is C24H16F3N5O3. The Morgan fingerprint density at radius 1 is 1.00 bits per heavy atom. The van der Waals surface area contributed by atoms with Crippen molar-refractivity contribution in [1.82, 2.24) is 24.3 Å². The van der Waals surface area contributed by atoms with Crippen LogP contribution in [-0.2, 0) is 13.6 Å². The first-order chi connectivity index (χ1) is 16.8. The zero-order valence-corrected chi connectivity index (χ0v) is 18.2. The van der Waals surface area contributed by atoms with E-state index in [4.69, 9.17) is 4.42 Å². The van der Waals surface area contributed by atoms with Gasteiger partial charge in [0.15, 0.2) is 0 Å². The molecule has 5 rings (SSSR count). The average molecular weight is 479 g/mol. The van der Waals surface area contributed by atoms with E-state index >= 15 is 0 Å². The van der Waals surface area contributed by atoms with Gasteiger partial charge >= 0.3 is 12.1 Å². The Morgan fingerprint density at radius 3 is 2.46 bits per heavy atom. The highest BCUT2D eigenvalue weighted by Gasteiger charge is 2.18. The van der Waals surface area contributed by atoms with Crippen LogP contribution >= 0.6 is 0 Å². The number of hydrogen-bond donors (Lipinski definition) is 0. The molecule has 0 spiro atoms. The van der Waals surface area contributed by atoms with Crippen LogP contribution in [0, 0.1) is 5.82 Å². The number of aromatic nitrogens is 5. The van der Waals surface area contributed by atoms with Crippen LogP contribution in [0.1, 0.15) is 18.0 Å². The monoisotopic (exact) mass is 479 g/mol. The first-order valence-electron chi connectivity index (χ1n) is 10.4. The zero-order chi connectivity index (χ0) is 24.7. The number of nitrogens with zero attached hydrogens (tertiary/aromatic N) is 5. The maximum atomic E-state index is 14.3. The van der Waals surface area contributed by atoms with E-state index in [-0.39, 0.29) is 17.8 Å². The summed E-state index contributed by atoms with van der Waals surface area (Å²) >= 11 is 0. The number of alkyl halides is 2. The summed E-state index contributed by atoms with van der Waals surface area (Å²) in [7, 11) is 1.54. The molecule has 176 valence electrons. The third-order valence-corrected chi connectivity index (χ3v) is 5.56. The minimum Gasteiger partial charge on any atom is -0.415 e. The summed E-state index contributed by atoms with van der Waals surface area (Å²) in [4.78, 5) is 30.4. The Hall–Kier alpha value is -4.54. The van der Waals surface area contributed by atoms with Crippen molar-refractivity contribution in [3.8, 4) is 22.6 Å². The van der Waals surface area contributed by atoms with Crippen molar-refractivity contribution in [3.63, 3.8) is 0 Å². The molecule has 0 aliphatic carbocycles. The van der Waals surface area contributed by atoms with E-state index in [1.54, 1.807) is 36.4 Å². The van der Waals surface area contributed by atoms with Crippen molar-refractivity contribution in [2.24, 2.45) is 7.05 Å². The molecule has 0 N–H and O–H groups in total. The maximum Gasteiger partial charge on any atom is 0.331 e. The summed E-state index contributed by atoms with van der Waals surface area (Å²) in [5.41, 5.74) is 0.820. The molecule has 0 amide bonds. The SMILES string of the molecule is Cn1c(=O)n(Cc2ccc(-c3nnc(C(F)F)o3)cn2)c(=O)c2cc(-c3ccccc3F)ccc21. The van der Waals surface area contributed by atoms with Crippen molar-refractivity contribution in [2.45, 2.75) is 13.0 Å². The number of pyridine rings is 1. The Balaban J connectivity index is 1.53. The van der Waals surface area contributed by atoms with Crippen molar-refractivity contribution in [3.05, 3.63) is 99.0 Å². The van der Waals surface area contributed by atoms with Crippen molar-refractivity contribution >= 4 is 10.9 Å². The molecule has 0 bridgehead atoms. The molecule has 11 heteroatoms. The molecule has 0 unspecified atom stereocenters. The molecule has 0 aliphatic rings. The topological polar surface area (TPSA) is 95.8 Å². The predicted octanol–water partition coefficient (Wildman–Crippen LogP) is 3.94. The van der Waals surface area contributed by atoms with Crippen LogP contribution < -0.4 is 11.2 Å². The van der Waals surface area contributed by atoms with Gasteiger partial charge in [-0.3, -0.25) is 18.9 Å². The molecule has 0 radical (unpaired) electrons. The fraction of sp³-hybridized carbons (Fsp3) is 0.125. The largest absolute Gasteiger partial charge is 0.415 e. The van der Waals surface area contributed by atoms with E-state index in [0.717, 1.165) is 4.57 Å². The van der Waals surface area contributed by atoms with Crippen molar-refractivity contribution in [1.29, 1.82) is 0 Å². The number of benzene rings is 2. The van der Waals surface area contributed by atoms with E-state index in [1.807, 2.05) is 0 Å². The number of halogens is 3. The molecule has 0 saturated carbocycles. The highest BCUT2D eigenvalue weighted by Crippen LogP contribution is 2.25. The van der Waals surface area contributed by atoms with Gasteiger partial charge in [-0.1, -0.05) is 24.3 Å². The lowest BCUT2D eigenvalue weighted by Gasteiger charge is -2.12. The fourth-order valence-corrected chi connectivity index (χ4v) is 3.76. The van der Waals surface area contributed by atoms with Gasteiger partial charge < -0.3 is 4.42 Å². The summed E-state index contributed by atoms with van der Waals surface area (Å²) in [5, 5.41) is 7.08. The van der Waals surface area contributed by atoms with Crippen LogP contribution in [0.4, 0.5) is 13.2 Å². The van der Waals surface area contributed by atoms with E-state index in [9.17, 15) is 22.8 Å². The zero-order valence-electron chi connectivity index (χ0n) is 18.2. The first kappa shape index (κ1) is 22.3. The van der Waals surface area contributed by atoms with Gasteiger partial charge in [0, 0.05) is 18.8 Å². The highest BCUT2D eigenvalue weighted by molar-refractivity contribution is 5.84. The van der Waals surface area contributed by atoms with Crippen LogP contribution in [0.15, 0.2) is 74.8 Å². The molecule has 2 aromatic carbocycles. The number of aryl methyl sites for hydroxylation is 1. The Morgan fingerprint density at radius 2 is 1.77 bits per heavy atom. The minimum absolute atomic E-state index is 0.126. The van der Waals surface area contributed by atoms with Gasteiger partial charge in [-0.2, -0.15) is 8.78 Å². The number of fused-ring (bicyclic) bond motifs is 1. The second kappa shape index (κ2) is 8.67. The van der Waals surface area contributed by atoms with Gasteiger partial charge in [-0.05, 0) is 35.9 Å². The Kier molecular flexibility index (Phi) is 5.51. The van der Waals surface area contributed by atoms with Gasteiger partial charge in [0.25, 0.3) is 11.4 Å². The molecule has 5 aromatic rings. The first-order valence-corrected chi connectivity index (χ1v) is 10.4. The van der Waals surface area contributed by atoms with Crippen LogP contribution in [0.2, 0.25) is 0 Å². The second-order valence-corrected chi connectivity index (χ2v) is 7.73. The highest BCUT2D eigenvalue weighted by atomic mass is 19.3. The molecule has 0 atom stereocenters. The Bertz CT molecular complexity index is 1670. The second-order valence-electron chi connectivity index (χ2n) is 7.73. The summed E-state index contributed by atoms with van der Waals surface area (Å²) in [6.07, 6.45) is -1.57. The van der Waals surface area contributed by atoms with Crippen LogP contribution in [0.3, 0.4) is 0 Å². The van der Waals surface area contributed by atoms with E-state index in [0.29, 0.717) is 27.9 Å². The molecule has 0 fully saturated rings. The summed E-state index contributed by atoms with van der Waals surface area (Å²) < 4.78 is 46.9. The third-order valence-electron chi connectivity index (χ3n) is 5.56. The average Bonchev–Trinajstić information content (AvgIpc) is 3.36. The predicted molar refractivity (Wildman–Crippen MR) is 120 cm³/mol. The third kappa shape index (κ3) is 4.01. The number of rotatable bonds is 5. The molecule has 3 aromatic heterocycles. The van der Waals surface area contributed by atoms with Gasteiger partial charge in [0.2, 0.25) is 5.89 Å². The lowest BCUT2D eigenvalue weighted by Crippen LogP contribution is -2.39. The van der Waals surface area contributed by atoms with Gasteiger partial charge in [0.1, 0.15) is 5.82 Å². The van der Waals surface area contributed by atoms with Crippen LogP contribution in [-0.4, -0.2) is 24.3 Å². The normalized spacial score (nSPS) is 11.5. The number of hydrogen-bond acceptors (Lipinski definition) is 6. The smallest absolute Gasteiger partial charge is 0.331 e. The van der Waals surface area contributed by atoms with Crippen molar-refractivity contribution < 1.29 is 17.6 Å². The molecule has 3 heterocycles. The van der Waals surface area contributed by atoms with Crippen molar-refractivity contribution in [2.75, 3.05) is 0 Å². The molecule has 0 saturated heterocycles. The molecular weight excluding hydrogens is 463 g/mol. The summed E-state index contributed by atoms with van der Waals surface area (Å²) in [6, 6.07) is 14.1. The fourth-order valence-electron chi connectivity index (χ4n) is 3.76. The lowest BCUT2D eigenvalue weighted by atomic mass is 10.0. The van der Waals surface area contributed by atoms with E-state index < -0.39 is 29.4 Å². The Labute approximate surface area is 194 Å². The standard InChI is InChI=1S/C24H16F3N5O3/c1-31-19-9-7-13(16-4-2-3-5-18(16)25)10-17(19)23(33)32(24(31)34)12-15-8-6-14(11-28-15)21-29-30-22(35-21)20(26)27/h2-11,20H,12H2,1H3. The van der Waals surface area contributed by atoms with Crippen LogP contribution in [0.25, 0.3) is 33.5 Å². The quantitative estimate of drug-likeness (QED) is 0.379. The van der Waals surface area contributed by atoms with Gasteiger partial charge in [-0.15, -0.1) is 10.2 Å². The molecule has 8 nitrogen and oxygen atoms in total. The maximum absolute atomic E-state index is 14.3. The van der Waals surface area contributed by atoms with Crippen LogP contribution in [0.5, 0.6) is 0 Å². The van der Waals surface area contributed by atoms with Gasteiger partial charge in [0.05, 0.1) is 28.7 Å². The summed E-state index contributed by atoms with van der Waals surface area (Å²) in [6.45, 7) is -0.141. The van der Waals surface area contributed by atoms with E-state index in [1.165, 1.54) is 36.0 Å². The summed E-state index contributed by atoms with van der Waals surface area (Å²) in [5.74, 6) is -1.35. The molecule has 35 heavy (non-hydrogen) atoms. The molecule has 0 aliphatic heterocycles.